The standard InChI is InChI=1S/C10H16N4OS2/c1-4-5-11-9-13-14-10(17-9)16-6-8(15)12-7(2)3/h4,7H,1,5-6H2,2-3H3,(H,11,13)(H,12,15). The molecule has 1 heterocycles. The molecule has 0 atom stereocenters. The van der Waals surface area contributed by atoms with Crippen LogP contribution in [0.2, 0.25) is 0 Å². The number of carbonyl (C=O) groups is 1. The van der Waals surface area contributed by atoms with Crippen molar-refractivity contribution in [3.63, 3.8) is 0 Å². The second-order valence-corrected chi connectivity index (χ2v) is 5.75. The first-order valence-corrected chi connectivity index (χ1v) is 7.02. The fourth-order valence-electron chi connectivity index (χ4n) is 0.990. The lowest BCUT2D eigenvalue weighted by Gasteiger charge is -2.06. The molecule has 0 saturated carbocycles. The van der Waals surface area contributed by atoms with Crippen LogP contribution in [-0.4, -0.2) is 34.4 Å². The van der Waals surface area contributed by atoms with Crippen molar-refractivity contribution in [2.24, 2.45) is 0 Å². The van der Waals surface area contributed by atoms with Crippen molar-refractivity contribution in [2.45, 2.75) is 24.2 Å². The fraction of sp³-hybridized carbons (Fsp3) is 0.500. The van der Waals surface area contributed by atoms with Gasteiger partial charge in [0.15, 0.2) is 4.34 Å². The quantitative estimate of drug-likeness (QED) is 0.585. The highest BCUT2D eigenvalue weighted by molar-refractivity contribution is 8.01. The van der Waals surface area contributed by atoms with Crippen LogP contribution >= 0.6 is 23.1 Å². The first-order valence-electron chi connectivity index (χ1n) is 5.22. The summed E-state index contributed by atoms with van der Waals surface area (Å²) in [7, 11) is 0. The van der Waals surface area contributed by atoms with Gasteiger partial charge in [0.05, 0.1) is 5.75 Å². The Morgan fingerprint density at radius 2 is 2.35 bits per heavy atom. The molecule has 1 aromatic rings. The molecule has 0 unspecified atom stereocenters. The molecule has 0 aliphatic carbocycles. The van der Waals surface area contributed by atoms with E-state index >= 15 is 0 Å². The van der Waals surface area contributed by atoms with Gasteiger partial charge in [-0.3, -0.25) is 4.79 Å². The van der Waals surface area contributed by atoms with Gasteiger partial charge in [0.1, 0.15) is 0 Å². The average molecular weight is 272 g/mol. The zero-order chi connectivity index (χ0) is 12.7. The summed E-state index contributed by atoms with van der Waals surface area (Å²) in [6.07, 6.45) is 1.75. The number of rotatable bonds is 7. The topological polar surface area (TPSA) is 66.9 Å². The molecule has 1 rings (SSSR count). The van der Waals surface area contributed by atoms with Gasteiger partial charge in [0, 0.05) is 12.6 Å². The predicted octanol–water partition coefficient (Wildman–Crippen LogP) is 1.75. The van der Waals surface area contributed by atoms with Gasteiger partial charge in [-0.1, -0.05) is 29.2 Å². The van der Waals surface area contributed by atoms with Crippen molar-refractivity contribution in [1.29, 1.82) is 0 Å². The van der Waals surface area contributed by atoms with Crippen LogP contribution < -0.4 is 10.6 Å². The SMILES string of the molecule is C=CCNc1nnc(SCC(=O)NC(C)C)s1. The van der Waals surface area contributed by atoms with Gasteiger partial charge in [-0.2, -0.15) is 0 Å². The Morgan fingerprint density at radius 1 is 1.59 bits per heavy atom. The highest BCUT2D eigenvalue weighted by Gasteiger charge is 2.08. The van der Waals surface area contributed by atoms with Gasteiger partial charge in [0.2, 0.25) is 11.0 Å². The third-order valence-electron chi connectivity index (χ3n) is 1.58. The lowest BCUT2D eigenvalue weighted by Crippen LogP contribution is -2.31. The first-order chi connectivity index (χ1) is 8.11. The number of hydrogen-bond acceptors (Lipinski definition) is 6. The lowest BCUT2D eigenvalue weighted by molar-refractivity contribution is -0.119. The molecule has 0 aliphatic rings. The summed E-state index contributed by atoms with van der Waals surface area (Å²) >= 11 is 2.83. The van der Waals surface area contributed by atoms with Crippen LogP contribution in [0.25, 0.3) is 0 Å². The average Bonchev–Trinajstić information content (AvgIpc) is 2.70. The molecular formula is C10H16N4OS2. The van der Waals surface area contributed by atoms with Crippen LogP contribution in [0.3, 0.4) is 0 Å². The molecule has 0 aromatic carbocycles. The van der Waals surface area contributed by atoms with Crippen molar-refractivity contribution in [3.8, 4) is 0 Å². The molecule has 17 heavy (non-hydrogen) atoms. The van der Waals surface area contributed by atoms with Crippen LogP contribution in [0.5, 0.6) is 0 Å². The zero-order valence-corrected chi connectivity index (χ0v) is 11.5. The van der Waals surface area contributed by atoms with Gasteiger partial charge in [-0.15, -0.1) is 16.8 Å². The molecule has 0 fully saturated rings. The van der Waals surface area contributed by atoms with E-state index in [1.54, 1.807) is 6.08 Å². The van der Waals surface area contributed by atoms with E-state index in [9.17, 15) is 4.79 Å². The molecule has 0 aliphatic heterocycles. The van der Waals surface area contributed by atoms with Crippen LogP contribution in [-0.2, 0) is 4.79 Å². The van der Waals surface area contributed by atoms with Crippen molar-refractivity contribution in [3.05, 3.63) is 12.7 Å². The summed E-state index contributed by atoms with van der Waals surface area (Å²) in [6.45, 7) is 8.14. The van der Waals surface area contributed by atoms with E-state index in [1.165, 1.54) is 23.1 Å². The molecular weight excluding hydrogens is 256 g/mol. The number of thioether (sulfide) groups is 1. The number of nitrogens with zero attached hydrogens (tertiary/aromatic N) is 2. The molecule has 94 valence electrons. The molecule has 1 amide bonds. The highest BCUT2D eigenvalue weighted by Crippen LogP contribution is 2.24. The van der Waals surface area contributed by atoms with Crippen molar-refractivity contribution >= 4 is 34.1 Å². The number of nitrogens with one attached hydrogen (secondary N) is 2. The Hall–Kier alpha value is -1.08. The molecule has 0 saturated heterocycles. The van der Waals surface area contributed by atoms with Crippen molar-refractivity contribution in [2.75, 3.05) is 17.6 Å². The Balaban J connectivity index is 2.34. The van der Waals surface area contributed by atoms with E-state index in [1.807, 2.05) is 13.8 Å². The summed E-state index contributed by atoms with van der Waals surface area (Å²) in [6, 6.07) is 0.169. The predicted molar refractivity (Wildman–Crippen MR) is 72.6 cm³/mol. The fourth-order valence-corrected chi connectivity index (χ4v) is 2.56. The summed E-state index contributed by atoms with van der Waals surface area (Å²) in [5.41, 5.74) is 0. The zero-order valence-electron chi connectivity index (χ0n) is 9.90. The van der Waals surface area contributed by atoms with Crippen molar-refractivity contribution < 1.29 is 4.79 Å². The molecule has 0 radical (unpaired) electrons. The Bertz CT molecular complexity index is 378. The summed E-state index contributed by atoms with van der Waals surface area (Å²) in [4.78, 5) is 11.4. The number of aromatic nitrogens is 2. The normalized spacial score (nSPS) is 10.3. The van der Waals surface area contributed by atoms with E-state index in [-0.39, 0.29) is 11.9 Å². The number of amides is 1. The highest BCUT2D eigenvalue weighted by atomic mass is 32.2. The van der Waals surface area contributed by atoms with Gasteiger partial charge in [-0.25, -0.2) is 0 Å². The lowest BCUT2D eigenvalue weighted by atomic mass is 10.4. The Labute approximate surface area is 109 Å². The summed E-state index contributed by atoms with van der Waals surface area (Å²) in [5.74, 6) is 0.384. The maximum Gasteiger partial charge on any atom is 0.230 e. The summed E-state index contributed by atoms with van der Waals surface area (Å²) < 4.78 is 0.787. The second-order valence-electron chi connectivity index (χ2n) is 3.55. The van der Waals surface area contributed by atoms with E-state index < -0.39 is 0 Å². The molecule has 2 N–H and O–H groups in total. The number of hydrogen-bond donors (Lipinski definition) is 2. The van der Waals surface area contributed by atoms with Crippen molar-refractivity contribution in [1.82, 2.24) is 15.5 Å². The van der Waals surface area contributed by atoms with E-state index in [0.717, 1.165) is 9.47 Å². The van der Waals surface area contributed by atoms with Gasteiger partial charge >= 0.3 is 0 Å². The van der Waals surface area contributed by atoms with Gasteiger partial charge in [-0.05, 0) is 13.8 Å². The third kappa shape index (κ3) is 5.69. The molecule has 0 spiro atoms. The van der Waals surface area contributed by atoms with Gasteiger partial charge < -0.3 is 10.6 Å². The monoisotopic (exact) mass is 272 g/mol. The van der Waals surface area contributed by atoms with E-state index in [2.05, 4.69) is 27.4 Å². The van der Waals surface area contributed by atoms with E-state index in [0.29, 0.717) is 12.3 Å². The molecule has 0 bridgehead atoms. The Morgan fingerprint density at radius 3 is 3.00 bits per heavy atom. The Kier molecular flexibility index (Phi) is 5.99. The smallest absolute Gasteiger partial charge is 0.230 e. The van der Waals surface area contributed by atoms with Crippen LogP contribution in [0.15, 0.2) is 17.0 Å². The first kappa shape index (κ1) is 14.0. The summed E-state index contributed by atoms with van der Waals surface area (Å²) in [5, 5.41) is 14.5. The maximum atomic E-state index is 11.4. The minimum atomic E-state index is 0.0146. The minimum absolute atomic E-state index is 0.0146. The number of carbonyl (C=O) groups excluding carboxylic acids is 1. The maximum absolute atomic E-state index is 11.4. The number of anilines is 1. The van der Waals surface area contributed by atoms with Crippen LogP contribution in [0, 0.1) is 0 Å². The second kappa shape index (κ2) is 7.29. The van der Waals surface area contributed by atoms with Gasteiger partial charge in [0.25, 0.3) is 0 Å². The largest absolute Gasteiger partial charge is 0.357 e. The van der Waals surface area contributed by atoms with E-state index in [4.69, 9.17) is 0 Å². The molecule has 7 heteroatoms. The third-order valence-corrected chi connectivity index (χ3v) is 3.59. The molecule has 5 nitrogen and oxygen atoms in total. The van der Waals surface area contributed by atoms with Crippen LogP contribution in [0.4, 0.5) is 5.13 Å². The molecule has 1 aromatic heterocycles. The van der Waals surface area contributed by atoms with Crippen LogP contribution in [0.1, 0.15) is 13.8 Å². The minimum Gasteiger partial charge on any atom is -0.357 e.